The van der Waals surface area contributed by atoms with Crippen molar-refractivity contribution in [2.24, 2.45) is 11.8 Å². The third-order valence-electron chi connectivity index (χ3n) is 3.32. The Morgan fingerprint density at radius 1 is 1.47 bits per heavy atom. The smallest absolute Gasteiger partial charge is 0.222 e. The van der Waals surface area contributed by atoms with E-state index in [0.717, 1.165) is 26.1 Å². The van der Waals surface area contributed by atoms with E-state index in [1.54, 1.807) is 0 Å². The van der Waals surface area contributed by atoms with Crippen molar-refractivity contribution in [3.8, 4) is 0 Å². The highest BCUT2D eigenvalue weighted by atomic mass is 16.2. The summed E-state index contributed by atoms with van der Waals surface area (Å²) in [4.78, 5) is 16.0. The lowest BCUT2D eigenvalue weighted by Crippen LogP contribution is -2.43. The molecule has 1 atom stereocenters. The van der Waals surface area contributed by atoms with Crippen molar-refractivity contribution in [3.63, 3.8) is 0 Å². The lowest BCUT2D eigenvalue weighted by Gasteiger charge is -2.34. The van der Waals surface area contributed by atoms with Crippen molar-refractivity contribution in [2.45, 2.75) is 26.7 Å². The summed E-state index contributed by atoms with van der Waals surface area (Å²) >= 11 is 0. The van der Waals surface area contributed by atoms with Crippen LogP contribution in [0.1, 0.15) is 26.7 Å². The van der Waals surface area contributed by atoms with Gasteiger partial charge in [-0.25, -0.2) is 0 Å². The first kappa shape index (κ1) is 12.5. The maximum absolute atomic E-state index is 11.8. The molecule has 88 valence electrons. The number of carbonyl (C=O) groups is 1. The molecule has 1 aliphatic rings. The zero-order valence-corrected chi connectivity index (χ0v) is 10.5. The Morgan fingerprint density at radius 3 is 2.60 bits per heavy atom. The molecule has 0 aromatic carbocycles. The van der Waals surface area contributed by atoms with Crippen LogP contribution >= 0.6 is 0 Å². The maximum Gasteiger partial charge on any atom is 0.222 e. The Balaban J connectivity index is 2.36. The SMILES string of the molecule is CC(C)[C@@H]1CCN(CCN(C)C)C(=O)C1. The monoisotopic (exact) mass is 212 g/mol. The summed E-state index contributed by atoms with van der Waals surface area (Å²) in [7, 11) is 4.09. The Morgan fingerprint density at radius 2 is 2.13 bits per heavy atom. The van der Waals surface area contributed by atoms with E-state index in [1.807, 2.05) is 19.0 Å². The van der Waals surface area contributed by atoms with Crippen molar-refractivity contribution in [2.75, 3.05) is 33.7 Å². The lowest BCUT2D eigenvalue weighted by atomic mass is 9.86. The summed E-state index contributed by atoms with van der Waals surface area (Å²) in [6.45, 7) is 7.24. The molecule has 1 amide bonds. The van der Waals surface area contributed by atoms with Gasteiger partial charge in [-0.05, 0) is 32.4 Å². The van der Waals surface area contributed by atoms with Gasteiger partial charge in [-0.1, -0.05) is 13.8 Å². The first-order valence-electron chi connectivity index (χ1n) is 5.93. The molecule has 3 heteroatoms. The van der Waals surface area contributed by atoms with Crippen LogP contribution in [0.2, 0.25) is 0 Å². The summed E-state index contributed by atoms with van der Waals surface area (Å²) in [6, 6.07) is 0. The van der Waals surface area contributed by atoms with Gasteiger partial charge in [0.2, 0.25) is 5.91 Å². The Kier molecular flexibility index (Phi) is 4.58. The average Bonchev–Trinajstić information content (AvgIpc) is 2.15. The largest absolute Gasteiger partial charge is 0.341 e. The van der Waals surface area contributed by atoms with Crippen LogP contribution in [-0.4, -0.2) is 49.4 Å². The molecule has 1 aliphatic heterocycles. The topological polar surface area (TPSA) is 23.6 Å². The number of hydrogen-bond donors (Lipinski definition) is 0. The second-order valence-corrected chi connectivity index (χ2v) is 5.18. The van der Waals surface area contributed by atoms with Crippen LogP contribution in [0.4, 0.5) is 0 Å². The molecular formula is C12H24N2O. The third kappa shape index (κ3) is 3.82. The fourth-order valence-corrected chi connectivity index (χ4v) is 2.03. The van der Waals surface area contributed by atoms with E-state index in [9.17, 15) is 4.79 Å². The summed E-state index contributed by atoms with van der Waals surface area (Å²) in [5, 5.41) is 0. The van der Waals surface area contributed by atoms with E-state index < -0.39 is 0 Å². The Labute approximate surface area is 93.4 Å². The third-order valence-corrected chi connectivity index (χ3v) is 3.32. The number of amides is 1. The summed E-state index contributed by atoms with van der Waals surface area (Å²) in [6.07, 6.45) is 1.93. The van der Waals surface area contributed by atoms with Gasteiger partial charge in [0.05, 0.1) is 0 Å². The summed E-state index contributed by atoms with van der Waals surface area (Å²) < 4.78 is 0. The molecule has 0 aliphatic carbocycles. The minimum Gasteiger partial charge on any atom is -0.341 e. The maximum atomic E-state index is 11.8. The Hall–Kier alpha value is -0.570. The molecule has 1 heterocycles. The van der Waals surface area contributed by atoms with Gasteiger partial charge < -0.3 is 9.80 Å². The van der Waals surface area contributed by atoms with Crippen LogP contribution < -0.4 is 0 Å². The van der Waals surface area contributed by atoms with Crippen molar-refractivity contribution in [1.82, 2.24) is 9.80 Å². The highest BCUT2D eigenvalue weighted by Gasteiger charge is 2.27. The molecule has 0 radical (unpaired) electrons. The summed E-state index contributed by atoms with van der Waals surface area (Å²) in [5.41, 5.74) is 0. The van der Waals surface area contributed by atoms with Crippen LogP contribution in [0, 0.1) is 11.8 Å². The molecule has 0 saturated carbocycles. The van der Waals surface area contributed by atoms with Gasteiger partial charge in [-0.3, -0.25) is 4.79 Å². The highest BCUT2D eigenvalue weighted by molar-refractivity contribution is 5.77. The van der Waals surface area contributed by atoms with Gasteiger partial charge in [0.25, 0.3) is 0 Å². The van der Waals surface area contributed by atoms with E-state index in [4.69, 9.17) is 0 Å². The van der Waals surface area contributed by atoms with Gasteiger partial charge in [0, 0.05) is 26.1 Å². The van der Waals surface area contributed by atoms with Gasteiger partial charge in [-0.2, -0.15) is 0 Å². The second kappa shape index (κ2) is 5.50. The van der Waals surface area contributed by atoms with E-state index in [2.05, 4.69) is 18.7 Å². The molecule has 1 fully saturated rings. The zero-order valence-electron chi connectivity index (χ0n) is 10.5. The molecule has 0 spiro atoms. The van der Waals surface area contributed by atoms with Gasteiger partial charge in [0.15, 0.2) is 0 Å². The van der Waals surface area contributed by atoms with E-state index in [-0.39, 0.29) is 0 Å². The van der Waals surface area contributed by atoms with Crippen molar-refractivity contribution in [3.05, 3.63) is 0 Å². The number of hydrogen-bond acceptors (Lipinski definition) is 2. The molecule has 15 heavy (non-hydrogen) atoms. The van der Waals surface area contributed by atoms with Crippen LogP contribution in [-0.2, 0) is 4.79 Å². The quantitative estimate of drug-likeness (QED) is 0.704. The number of piperidine rings is 1. The lowest BCUT2D eigenvalue weighted by molar-refractivity contribution is -0.135. The van der Waals surface area contributed by atoms with Crippen LogP contribution in [0.25, 0.3) is 0 Å². The average molecular weight is 212 g/mol. The predicted molar refractivity (Wildman–Crippen MR) is 62.7 cm³/mol. The van der Waals surface area contributed by atoms with Crippen LogP contribution in [0.15, 0.2) is 0 Å². The predicted octanol–water partition coefficient (Wildman–Crippen LogP) is 1.44. The molecule has 0 unspecified atom stereocenters. The number of likely N-dealkylation sites (N-methyl/N-ethyl adjacent to an activating group) is 1. The Bertz CT molecular complexity index is 214. The minimum atomic E-state index is 0.349. The van der Waals surface area contributed by atoms with Gasteiger partial charge in [-0.15, -0.1) is 0 Å². The molecule has 3 nitrogen and oxygen atoms in total. The second-order valence-electron chi connectivity index (χ2n) is 5.18. The number of carbonyl (C=O) groups excluding carboxylic acids is 1. The van der Waals surface area contributed by atoms with E-state index >= 15 is 0 Å². The normalized spacial score (nSPS) is 22.9. The van der Waals surface area contributed by atoms with Crippen molar-refractivity contribution < 1.29 is 4.79 Å². The summed E-state index contributed by atoms with van der Waals surface area (Å²) in [5.74, 6) is 1.60. The molecule has 0 N–H and O–H groups in total. The zero-order chi connectivity index (χ0) is 11.4. The standard InChI is InChI=1S/C12H24N2O/c1-10(2)11-5-6-14(12(15)9-11)8-7-13(3)4/h10-11H,5-9H2,1-4H3/t11-/m1/s1. The molecule has 0 aromatic rings. The highest BCUT2D eigenvalue weighted by Crippen LogP contribution is 2.24. The first-order valence-corrected chi connectivity index (χ1v) is 5.93. The molecule has 1 rings (SSSR count). The van der Waals surface area contributed by atoms with Gasteiger partial charge in [0.1, 0.15) is 0 Å². The molecule has 0 aromatic heterocycles. The first-order chi connectivity index (χ1) is 7.00. The molecular weight excluding hydrogens is 188 g/mol. The van der Waals surface area contributed by atoms with Gasteiger partial charge >= 0.3 is 0 Å². The molecule has 1 saturated heterocycles. The van der Waals surface area contributed by atoms with Crippen LogP contribution in [0.3, 0.4) is 0 Å². The van der Waals surface area contributed by atoms with E-state index in [0.29, 0.717) is 17.7 Å². The van der Waals surface area contributed by atoms with Crippen molar-refractivity contribution in [1.29, 1.82) is 0 Å². The number of likely N-dealkylation sites (tertiary alicyclic amines) is 1. The van der Waals surface area contributed by atoms with Crippen molar-refractivity contribution >= 4 is 5.91 Å². The fourth-order valence-electron chi connectivity index (χ4n) is 2.03. The number of nitrogens with zero attached hydrogens (tertiary/aromatic N) is 2. The van der Waals surface area contributed by atoms with E-state index in [1.165, 1.54) is 6.42 Å². The fraction of sp³-hybridized carbons (Fsp3) is 0.917. The minimum absolute atomic E-state index is 0.349. The number of rotatable bonds is 4. The van der Waals surface area contributed by atoms with Crippen LogP contribution in [0.5, 0.6) is 0 Å². The molecule has 0 bridgehead atoms.